The molecule has 120 valence electrons. The summed E-state index contributed by atoms with van der Waals surface area (Å²) in [5, 5.41) is 0. The second-order valence-corrected chi connectivity index (χ2v) is 23.3. The molecule has 0 aliphatic carbocycles. The second-order valence-electron chi connectivity index (χ2n) is 8.41. The van der Waals surface area contributed by atoms with Gasteiger partial charge in [0.15, 0.2) is 19.9 Å². The molecule has 1 aromatic heterocycles. The molecule has 0 saturated heterocycles. The maximum absolute atomic E-state index is 14.7. The van der Waals surface area contributed by atoms with Gasteiger partial charge in [-0.05, 0) is 0 Å². The number of hydrogen-bond acceptors (Lipinski definition) is 3. The lowest BCUT2D eigenvalue weighted by atomic mass is 10.6. The molecule has 0 unspecified atom stereocenters. The molecule has 1 rings (SSSR count). The molecule has 0 N–H and O–H groups in total. The van der Waals surface area contributed by atoms with Crippen LogP contribution in [0.5, 0.6) is 0 Å². The Labute approximate surface area is 130 Å². The molecule has 0 aliphatic rings. The molecular formula is C13H28FN3OSi3. The molecule has 21 heavy (non-hydrogen) atoms. The maximum atomic E-state index is 14.7. The summed E-state index contributed by atoms with van der Waals surface area (Å²) in [7, 11) is -5.60. The van der Waals surface area contributed by atoms with Crippen LogP contribution in [-0.4, -0.2) is 33.9 Å². The Balaban J connectivity index is 3.58. The highest BCUT2D eigenvalue weighted by molar-refractivity contribution is 6.99. The van der Waals surface area contributed by atoms with Crippen LogP contribution in [-0.2, 0) is 0 Å². The Bertz CT molecular complexity index is 568. The van der Waals surface area contributed by atoms with Crippen LogP contribution in [0.15, 0.2) is 11.0 Å². The van der Waals surface area contributed by atoms with E-state index in [9.17, 15) is 9.18 Å². The molecule has 1 heterocycles. The Morgan fingerprint density at radius 3 is 1.76 bits per heavy atom. The first-order valence-electron chi connectivity index (χ1n) is 7.26. The largest absolute Gasteiger partial charge is 0.407 e. The van der Waals surface area contributed by atoms with E-state index in [4.69, 9.17) is 0 Å². The number of nitrogens with zero attached hydrogens (tertiary/aromatic N) is 3. The van der Waals surface area contributed by atoms with Crippen molar-refractivity contribution in [3.63, 3.8) is 0 Å². The highest BCUT2D eigenvalue weighted by Crippen LogP contribution is 2.28. The van der Waals surface area contributed by atoms with Gasteiger partial charge in [-0.25, -0.2) is 9.18 Å². The summed E-state index contributed by atoms with van der Waals surface area (Å²) < 4.78 is 18.3. The first-order chi connectivity index (χ1) is 9.15. The number of hydrogen-bond donors (Lipinski definition) is 0. The topological polar surface area (TPSA) is 38.1 Å². The van der Waals surface area contributed by atoms with Gasteiger partial charge in [-0.15, -0.1) is 0 Å². The average molecular weight is 346 g/mol. The zero-order valence-corrected chi connectivity index (χ0v) is 17.7. The lowest BCUT2D eigenvalue weighted by Gasteiger charge is -2.44. The number of halogens is 1. The van der Waals surface area contributed by atoms with Gasteiger partial charge in [0.2, 0.25) is 0 Å². The summed E-state index contributed by atoms with van der Waals surface area (Å²) in [6.07, 6.45) is 1.37. The third kappa shape index (κ3) is 4.13. The van der Waals surface area contributed by atoms with E-state index in [1.54, 1.807) is 0 Å². The van der Waals surface area contributed by atoms with Gasteiger partial charge in [0.05, 0.1) is 0 Å². The quantitative estimate of drug-likeness (QED) is 0.783. The number of aromatic nitrogens is 2. The van der Waals surface area contributed by atoms with E-state index >= 15 is 0 Å². The molecule has 8 heteroatoms. The standard InChI is InChI=1S/C13H28FN3OSi3/c1-19(2,3)16-10-11(14)12(15-13(16)18)17(20(4,5)6)21(7,8)9/h10H,1-9H3. The van der Waals surface area contributed by atoms with Crippen LogP contribution in [0.3, 0.4) is 0 Å². The van der Waals surface area contributed by atoms with E-state index in [0.717, 1.165) is 0 Å². The van der Waals surface area contributed by atoms with E-state index < -0.39 is 24.7 Å². The van der Waals surface area contributed by atoms with Crippen molar-refractivity contribution in [3.05, 3.63) is 22.5 Å². The van der Waals surface area contributed by atoms with Gasteiger partial charge in [0.25, 0.3) is 0 Å². The molecule has 1 aromatic rings. The van der Waals surface area contributed by atoms with Gasteiger partial charge >= 0.3 is 5.69 Å². The van der Waals surface area contributed by atoms with Crippen LogP contribution in [0, 0.1) is 5.82 Å². The molecule has 0 bridgehead atoms. The summed E-state index contributed by atoms with van der Waals surface area (Å²) in [6.45, 7) is 19.0. The van der Waals surface area contributed by atoms with Crippen molar-refractivity contribution in [3.8, 4) is 0 Å². The number of rotatable bonds is 4. The molecule has 0 aromatic carbocycles. The molecule has 0 aliphatic heterocycles. The lowest BCUT2D eigenvalue weighted by molar-refractivity contribution is 0.607. The summed E-state index contributed by atoms with van der Waals surface area (Å²) in [4.78, 5) is 16.5. The maximum Gasteiger partial charge on any atom is 0.341 e. The summed E-state index contributed by atoms with van der Waals surface area (Å²) in [5.41, 5.74) is -0.327. The summed E-state index contributed by atoms with van der Waals surface area (Å²) in [5.74, 6) is -0.116. The molecular weight excluding hydrogens is 317 g/mol. The fraction of sp³-hybridized carbons (Fsp3) is 0.692. The van der Waals surface area contributed by atoms with Crippen molar-refractivity contribution < 1.29 is 4.39 Å². The van der Waals surface area contributed by atoms with E-state index in [0.29, 0.717) is 0 Å². The Morgan fingerprint density at radius 2 is 1.43 bits per heavy atom. The summed E-state index contributed by atoms with van der Waals surface area (Å²) >= 11 is 0. The minimum atomic E-state index is -1.95. The minimum absolute atomic E-state index is 0.257. The molecule has 0 saturated carbocycles. The highest BCUT2D eigenvalue weighted by Gasteiger charge is 2.37. The van der Waals surface area contributed by atoms with Crippen LogP contribution < -0.4 is 9.92 Å². The first kappa shape index (κ1) is 18.3. The molecule has 0 fully saturated rings. The smallest absolute Gasteiger partial charge is 0.341 e. The molecule has 0 spiro atoms. The van der Waals surface area contributed by atoms with E-state index in [2.05, 4.69) is 48.5 Å². The van der Waals surface area contributed by atoms with E-state index in [1.807, 2.05) is 19.6 Å². The molecule has 0 atom stereocenters. The Kier molecular flexibility index (Phi) is 4.77. The summed E-state index contributed by atoms with van der Waals surface area (Å²) in [6, 6.07) is 0. The third-order valence-electron chi connectivity index (χ3n) is 3.14. The zero-order valence-electron chi connectivity index (χ0n) is 14.7. The molecule has 0 radical (unpaired) electrons. The predicted octanol–water partition coefficient (Wildman–Crippen LogP) is 3.54. The van der Waals surface area contributed by atoms with Crippen molar-refractivity contribution >= 4 is 30.5 Å². The average Bonchev–Trinajstić information content (AvgIpc) is 2.16. The fourth-order valence-corrected chi connectivity index (χ4v) is 13.5. The SMILES string of the molecule is C[Si](C)(C)N(c1nc(=O)n([Si](C)(C)C)cc1F)[Si](C)(C)C. The van der Waals surface area contributed by atoms with Gasteiger partial charge in [-0.3, -0.25) is 0 Å². The zero-order chi connectivity index (χ0) is 16.8. The number of anilines is 1. The Morgan fingerprint density at radius 1 is 1.00 bits per heavy atom. The van der Waals surface area contributed by atoms with Crippen LogP contribution in [0.25, 0.3) is 0 Å². The van der Waals surface area contributed by atoms with Crippen molar-refractivity contribution in [2.75, 3.05) is 4.23 Å². The second kappa shape index (κ2) is 5.47. The van der Waals surface area contributed by atoms with E-state index in [-0.39, 0.29) is 17.3 Å². The van der Waals surface area contributed by atoms with Crippen LogP contribution in [0.2, 0.25) is 58.9 Å². The van der Waals surface area contributed by atoms with E-state index in [1.165, 1.54) is 10.4 Å². The third-order valence-corrected chi connectivity index (χ3v) is 12.0. The minimum Gasteiger partial charge on any atom is -0.407 e. The van der Waals surface area contributed by atoms with Gasteiger partial charge in [0, 0.05) is 6.20 Å². The fourth-order valence-electron chi connectivity index (χ4n) is 2.70. The lowest BCUT2D eigenvalue weighted by Crippen LogP contribution is -2.61. The first-order valence-corrected chi connectivity index (χ1v) is 17.6. The van der Waals surface area contributed by atoms with Crippen LogP contribution >= 0.6 is 0 Å². The van der Waals surface area contributed by atoms with Gasteiger partial charge < -0.3 is 8.46 Å². The molecule has 0 amide bonds. The normalized spacial score (nSPS) is 13.4. The van der Waals surface area contributed by atoms with Crippen molar-refractivity contribution in [1.82, 2.24) is 9.22 Å². The van der Waals surface area contributed by atoms with Gasteiger partial charge in [-0.2, -0.15) is 4.98 Å². The van der Waals surface area contributed by atoms with Crippen molar-refractivity contribution in [2.24, 2.45) is 0 Å². The predicted molar refractivity (Wildman–Crippen MR) is 96.4 cm³/mol. The monoisotopic (exact) mass is 345 g/mol. The van der Waals surface area contributed by atoms with Crippen LogP contribution in [0.4, 0.5) is 10.2 Å². The van der Waals surface area contributed by atoms with Crippen molar-refractivity contribution in [1.29, 1.82) is 0 Å². The molecule has 4 nitrogen and oxygen atoms in total. The highest BCUT2D eigenvalue weighted by atomic mass is 28.4. The van der Waals surface area contributed by atoms with Gasteiger partial charge in [-0.1, -0.05) is 58.9 Å². The van der Waals surface area contributed by atoms with Crippen LogP contribution in [0.1, 0.15) is 0 Å². The Hall–Kier alpha value is -0.739. The van der Waals surface area contributed by atoms with Crippen molar-refractivity contribution in [2.45, 2.75) is 58.9 Å². The van der Waals surface area contributed by atoms with Gasteiger partial charge in [0.1, 0.15) is 16.5 Å².